The lowest BCUT2D eigenvalue weighted by Crippen LogP contribution is -2.10. The van der Waals surface area contributed by atoms with Crippen LogP contribution in [-0.2, 0) is 4.57 Å². The minimum absolute atomic E-state index is 0.468. The van der Waals surface area contributed by atoms with Crippen molar-refractivity contribution in [1.29, 1.82) is 0 Å². The van der Waals surface area contributed by atoms with Crippen molar-refractivity contribution in [2.45, 2.75) is 41.5 Å². The van der Waals surface area contributed by atoms with E-state index < -0.39 is 7.82 Å². The molecule has 29 heavy (non-hydrogen) atoms. The molecular formula is C24H27O4P. The summed E-state index contributed by atoms with van der Waals surface area (Å²) in [4.78, 5) is 0. The molecule has 0 N–H and O–H groups in total. The molecule has 0 saturated heterocycles. The first-order valence-corrected chi connectivity index (χ1v) is 11.0. The summed E-state index contributed by atoms with van der Waals surface area (Å²) in [5.74, 6) is 1.44. The van der Waals surface area contributed by atoms with Crippen LogP contribution in [0, 0.1) is 41.5 Å². The fourth-order valence-electron chi connectivity index (χ4n) is 3.16. The molecule has 0 saturated carbocycles. The lowest BCUT2D eigenvalue weighted by molar-refractivity contribution is 0.295. The van der Waals surface area contributed by atoms with Crippen LogP contribution in [0.1, 0.15) is 33.4 Å². The van der Waals surface area contributed by atoms with Crippen LogP contribution < -0.4 is 13.6 Å². The number of hydrogen-bond acceptors (Lipinski definition) is 4. The van der Waals surface area contributed by atoms with Gasteiger partial charge in [0, 0.05) is 0 Å². The number of phosphoric ester groups is 1. The smallest absolute Gasteiger partial charge is 0.386 e. The van der Waals surface area contributed by atoms with Gasteiger partial charge in [-0.15, -0.1) is 0 Å². The van der Waals surface area contributed by atoms with Gasteiger partial charge in [-0.3, -0.25) is 0 Å². The van der Waals surface area contributed by atoms with Crippen molar-refractivity contribution < 1.29 is 18.1 Å². The zero-order chi connectivity index (χ0) is 21.2. The van der Waals surface area contributed by atoms with Crippen molar-refractivity contribution >= 4 is 7.82 Å². The van der Waals surface area contributed by atoms with Crippen molar-refractivity contribution in [2.75, 3.05) is 0 Å². The Labute approximate surface area is 173 Å². The van der Waals surface area contributed by atoms with E-state index in [2.05, 4.69) is 0 Å². The predicted octanol–water partition coefficient (Wildman–Crippen LogP) is 7.18. The number of para-hydroxylation sites is 1. The summed E-state index contributed by atoms with van der Waals surface area (Å²) in [6.45, 7) is 11.6. The van der Waals surface area contributed by atoms with Crippen molar-refractivity contribution in [2.24, 2.45) is 0 Å². The molecule has 0 bridgehead atoms. The SMILES string of the molecule is Cc1ccc(OP(=O)(Oc2ccc(C)cc2C)Oc2c(C)cccc2C)c(C)c1. The maximum absolute atomic E-state index is 13.8. The van der Waals surface area contributed by atoms with Gasteiger partial charge in [0.25, 0.3) is 0 Å². The van der Waals surface area contributed by atoms with Gasteiger partial charge in [-0.25, -0.2) is 0 Å². The molecule has 152 valence electrons. The molecule has 0 unspecified atom stereocenters. The lowest BCUT2D eigenvalue weighted by Gasteiger charge is -2.23. The zero-order valence-corrected chi connectivity index (χ0v) is 18.7. The van der Waals surface area contributed by atoms with Gasteiger partial charge in [0.1, 0.15) is 17.2 Å². The minimum Gasteiger partial charge on any atom is -0.386 e. The van der Waals surface area contributed by atoms with Gasteiger partial charge in [-0.05, 0) is 75.9 Å². The molecule has 3 aromatic carbocycles. The molecule has 0 aliphatic carbocycles. The molecule has 0 atom stereocenters. The van der Waals surface area contributed by atoms with Crippen LogP contribution >= 0.6 is 7.82 Å². The van der Waals surface area contributed by atoms with E-state index in [0.29, 0.717) is 17.2 Å². The molecule has 4 nitrogen and oxygen atoms in total. The Morgan fingerprint density at radius 2 is 1.03 bits per heavy atom. The summed E-state index contributed by atoms with van der Waals surface area (Å²) in [5.41, 5.74) is 5.63. The van der Waals surface area contributed by atoms with Crippen LogP contribution in [0.5, 0.6) is 17.2 Å². The monoisotopic (exact) mass is 410 g/mol. The summed E-state index contributed by atoms with van der Waals surface area (Å²) in [6, 6.07) is 17.1. The van der Waals surface area contributed by atoms with E-state index >= 15 is 0 Å². The van der Waals surface area contributed by atoms with Crippen molar-refractivity contribution in [1.82, 2.24) is 0 Å². The highest BCUT2D eigenvalue weighted by Crippen LogP contribution is 2.52. The Kier molecular flexibility index (Phi) is 6.04. The first-order chi connectivity index (χ1) is 13.7. The van der Waals surface area contributed by atoms with Crippen molar-refractivity contribution in [3.05, 3.63) is 88.0 Å². The quantitative estimate of drug-likeness (QED) is 0.404. The number of rotatable bonds is 6. The van der Waals surface area contributed by atoms with Crippen LogP contribution in [0.3, 0.4) is 0 Å². The lowest BCUT2D eigenvalue weighted by atomic mass is 10.1. The molecule has 0 spiro atoms. The normalized spacial score (nSPS) is 11.2. The van der Waals surface area contributed by atoms with Crippen LogP contribution in [0.2, 0.25) is 0 Å². The predicted molar refractivity (Wildman–Crippen MR) is 117 cm³/mol. The van der Waals surface area contributed by atoms with E-state index in [0.717, 1.165) is 33.4 Å². The number of aryl methyl sites for hydroxylation is 6. The molecular weight excluding hydrogens is 383 g/mol. The van der Waals surface area contributed by atoms with Crippen LogP contribution in [0.4, 0.5) is 0 Å². The van der Waals surface area contributed by atoms with Gasteiger partial charge in [0.05, 0.1) is 0 Å². The van der Waals surface area contributed by atoms with Crippen LogP contribution in [0.25, 0.3) is 0 Å². The minimum atomic E-state index is -4.02. The van der Waals surface area contributed by atoms with Gasteiger partial charge < -0.3 is 13.6 Å². The third kappa shape index (κ3) is 5.02. The molecule has 0 aliphatic heterocycles. The number of phosphoric acid groups is 1. The number of benzene rings is 3. The maximum Gasteiger partial charge on any atom is 0.647 e. The van der Waals surface area contributed by atoms with Crippen molar-refractivity contribution in [3.8, 4) is 17.2 Å². The Morgan fingerprint density at radius 1 is 0.586 bits per heavy atom. The van der Waals surface area contributed by atoms with E-state index in [1.54, 1.807) is 12.1 Å². The maximum atomic E-state index is 13.8. The molecule has 0 aromatic heterocycles. The Balaban J connectivity index is 2.03. The topological polar surface area (TPSA) is 44.8 Å². The van der Waals surface area contributed by atoms with Gasteiger partial charge in [-0.1, -0.05) is 53.6 Å². The highest BCUT2D eigenvalue weighted by Gasteiger charge is 2.35. The molecule has 5 heteroatoms. The zero-order valence-electron chi connectivity index (χ0n) is 17.8. The number of hydrogen-bond donors (Lipinski definition) is 0. The molecule has 0 fully saturated rings. The fraction of sp³-hybridized carbons (Fsp3) is 0.250. The molecule has 3 aromatic rings. The summed E-state index contributed by atoms with van der Waals surface area (Å²) >= 11 is 0. The van der Waals surface area contributed by atoms with E-state index in [1.165, 1.54) is 0 Å². The van der Waals surface area contributed by atoms with E-state index in [1.807, 2.05) is 84.0 Å². The molecule has 3 rings (SSSR count). The second kappa shape index (κ2) is 8.34. The van der Waals surface area contributed by atoms with E-state index in [-0.39, 0.29) is 0 Å². The highest BCUT2D eigenvalue weighted by molar-refractivity contribution is 7.49. The largest absolute Gasteiger partial charge is 0.647 e. The molecule has 0 aliphatic rings. The van der Waals surface area contributed by atoms with Crippen LogP contribution in [0.15, 0.2) is 54.6 Å². The third-order valence-electron chi connectivity index (χ3n) is 4.69. The van der Waals surface area contributed by atoms with Crippen molar-refractivity contribution in [3.63, 3.8) is 0 Å². The Morgan fingerprint density at radius 3 is 1.45 bits per heavy atom. The molecule has 0 radical (unpaired) electrons. The fourth-order valence-corrected chi connectivity index (χ4v) is 4.67. The third-order valence-corrected chi connectivity index (χ3v) is 5.94. The second-order valence-corrected chi connectivity index (χ2v) is 8.92. The summed E-state index contributed by atoms with van der Waals surface area (Å²) in [6.07, 6.45) is 0. The van der Waals surface area contributed by atoms with Gasteiger partial charge >= 0.3 is 7.82 Å². The standard InChI is InChI=1S/C24H27O4P/c1-16-10-12-22(20(5)14-16)26-29(25,27-23-13-11-17(2)15-21(23)6)28-24-18(3)8-7-9-19(24)4/h7-15H,1-6H3. The summed E-state index contributed by atoms with van der Waals surface area (Å²) in [7, 11) is -4.02. The highest BCUT2D eigenvalue weighted by atomic mass is 31.2. The molecule has 0 amide bonds. The summed E-state index contributed by atoms with van der Waals surface area (Å²) < 4.78 is 31.6. The van der Waals surface area contributed by atoms with Gasteiger partial charge in [0.2, 0.25) is 0 Å². The second-order valence-electron chi connectivity index (χ2n) is 7.48. The average molecular weight is 410 g/mol. The first-order valence-electron chi connectivity index (χ1n) is 9.56. The van der Waals surface area contributed by atoms with E-state index in [9.17, 15) is 4.57 Å². The summed E-state index contributed by atoms with van der Waals surface area (Å²) in [5, 5.41) is 0. The average Bonchev–Trinajstić information content (AvgIpc) is 2.64. The van der Waals surface area contributed by atoms with Crippen LogP contribution in [-0.4, -0.2) is 0 Å². The van der Waals surface area contributed by atoms with E-state index in [4.69, 9.17) is 13.6 Å². The molecule has 0 heterocycles. The van der Waals surface area contributed by atoms with Gasteiger partial charge in [-0.2, -0.15) is 4.57 Å². The van der Waals surface area contributed by atoms with Gasteiger partial charge in [0.15, 0.2) is 0 Å². The Hall–Kier alpha value is -2.71. The first kappa shape index (κ1) is 21.0. The Bertz CT molecular complexity index is 1010.